The number of hydrogen-bond donors (Lipinski definition) is 0. The van der Waals surface area contributed by atoms with Crippen molar-refractivity contribution in [3.05, 3.63) is 76.4 Å². The van der Waals surface area contributed by atoms with Crippen LogP contribution in [0, 0.1) is 13.8 Å². The molecule has 0 bridgehead atoms. The Labute approximate surface area is 161 Å². The lowest BCUT2D eigenvalue weighted by Crippen LogP contribution is -2.10. The summed E-state index contributed by atoms with van der Waals surface area (Å²) < 4.78 is 2.15. The van der Waals surface area contributed by atoms with E-state index in [1.807, 2.05) is 6.92 Å². The second-order valence-corrected chi connectivity index (χ2v) is 7.32. The molecule has 0 saturated carbocycles. The third-order valence-corrected chi connectivity index (χ3v) is 5.57. The van der Waals surface area contributed by atoms with E-state index in [9.17, 15) is 0 Å². The molecule has 0 radical (unpaired) electrons. The minimum absolute atomic E-state index is 0.541. The zero-order valence-electron chi connectivity index (χ0n) is 16.5. The molecule has 4 heteroatoms. The summed E-state index contributed by atoms with van der Waals surface area (Å²) in [7, 11) is 0. The predicted molar refractivity (Wildman–Crippen MR) is 110 cm³/mol. The van der Waals surface area contributed by atoms with Crippen LogP contribution in [-0.4, -0.2) is 20.5 Å². The summed E-state index contributed by atoms with van der Waals surface area (Å²) in [6.45, 7) is 9.18. The number of hydrogen-bond acceptors (Lipinski definition) is 3. The van der Waals surface area contributed by atoms with E-state index in [1.165, 1.54) is 16.7 Å². The van der Waals surface area contributed by atoms with Crippen LogP contribution in [0.1, 0.15) is 66.5 Å². The number of rotatable bonds is 4. The van der Waals surface area contributed by atoms with E-state index in [0.29, 0.717) is 12.5 Å². The van der Waals surface area contributed by atoms with E-state index in [0.717, 1.165) is 41.5 Å². The number of nitrogens with zero attached hydrogens (tertiary/aromatic N) is 4. The van der Waals surface area contributed by atoms with E-state index in [2.05, 4.69) is 78.0 Å². The van der Waals surface area contributed by atoms with Crippen LogP contribution in [0.15, 0.2) is 47.5 Å². The highest BCUT2D eigenvalue weighted by Gasteiger charge is 2.22. The fourth-order valence-corrected chi connectivity index (χ4v) is 3.97. The molecule has 2 aromatic carbocycles. The highest BCUT2D eigenvalue weighted by atomic mass is 15.3. The quantitative estimate of drug-likeness (QED) is 0.648. The van der Waals surface area contributed by atoms with Gasteiger partial charge in [-0.05, 0) is 50.3 Å². The molecule has 138 valence electrons. The first-order chi connectivity index (χ1) is 13.1. The van der Waals surface area contributed by atoms with Crippen molar-refractivity contribution in [2.24, 2.45) is 4.99 Å². The van der Waals surface area contributed by atoms with E-state index >= 15 is 0 Å². The Hall–Kier alpha value is -2.75. The van der Waals surface area contributed by atoms with Crippen molar-refractivity contribution in [2.45, 2.75) is 53.0 Å². The van der Waals surface area contributed by atoms with Crippen LogP contribution < -0.4 is 0 Å². The van der Waals surface area contributed by atoms with Gasteiger partial charge in [0.1, 0.15) is 12.4 Å². The molecule has 0 unspecified atom stereocenters. The molecule has 0 fully saturated rings. The molecule has 1 aliphatic heterocycles. The molecule has 0 aliphatic carbocycles. The molecule has 4 nitrogen and oxygen atoms in total. The monoisotopic (exact) mass is 358 g/mol. The van der Waals surface area contributed by atoms with E-state index in [4.69, 9.17) is 4.99 Å². The third kappa shape index (κ3) is 3.09. The van der Waals surface area contributed by atoms with Crippen LogP contribution in [0.25, 0.3) is 5.69 Å². The van der Waals surface area contributed by atoms with Crippen LogP contribution in [0.5, 0.6) is 0 Å². The van der Waals surface area contributed by atoms with Gasteiger partial charge in [-0.2, -0.15) is 0 Å². The van der Waals surface area contributed by atoms with Crippen LogP contribution >= 0.6 is 0 Å². The summed E-state index contributed by atoms with van der Waals surface area (Å²) >= 11 is 0. The Kier molecular flexibility index (Phi) is 4.65. The fourth-order valence-electron chi connectivity index (χ4n) is 3.97. The molecule has 0 spiro atoms. The second kappa shape index (κ2) is 7.10. The van der Waals surface area contributed by atoms with Gasteiger partial charge in [0.15, 0.2) is 5.82 Å². The molecular weight excluding hydrogens is 332 g/mol. The normalized spacial score (nSPS) is 13.1. The Balaban J connectivity index is 1.94. The van der Waals surface area contributed by atoms with Gasteiger partial charge in [-0.3, -0.25) is 9.56 Å². The lowest BCUT2D eigenvalue weighted by atomic mass is 9.90. The molecule has 3 aromatic rings. The molecule has 0 atom stereocenters. The molecule has 27 heavy (non-hydrogen) atoms. The van der Waals surface area contributed by atoms with Crippen molar-refractivity contribution >= 4 is 5.71 Å². The van der Waals surface area contributed by atoms with Crippen molar-refractivity contribution in [2.75, 3.05) is 0 Å². The zero-order valence-corrected chi connectivity index (χ0v) is 16.5. The number of aryl methyl sites for hydroxylation is 2. The third-order valence-electron chi connectivity index (χ3n) is 5.57. The van der Waals surface area contributed by atoms with Crippen LogP contribution in [-0.2, 0) is 6.54 Å². The number of aliphatic imine (C=N–C) groups is 1. The van der Waals surface area contributed by atoms with E-state index in [-0.39, 0.29) is 0 Å². The second-order valence-electron chi connectivity index (χ2n) is 7.32. The summed E-state index contributed by atoms with van der Waals surface area (Å²) in [5, 5.41) is 8.63. The van der Waals surface area contributed by atoms with Crippen molar-refractivity contribution in [1.82, 2.24) is 14.8 Å². The lowest BCUT2D eigenvalue weighted by molar-refractivity contribution is 0.641. The predicted octanol–water partition coefficient (Wildman–Crippen LogP) is 5.14. The first-order valence-corrected chi connectivity index (χ1v) is 9.79. The SMILES string of the molecule is CCC(CC)c1ccc2c(c1)C(c1ccc(C)cc1)=NCc1nnc(C)n1-2. The lowest BCUT2D eigenvalue weighted by Gasteiger charge is -2.18. The van der Waals surface area contributed by atoms with Gasteiger partial charge in [-0.25, -0.2) is 0 Å². The molecule has 0 N–H and O–H groups in total. The van der Waals surface area contributed by atoms with E-state index < -0.39 is 0 Å². The van der Waals surface area contributed by atoms with Crippen molar-refractivity contribution in [1.29, 1.82) is 0 Å². The minimum Gasteiger partial charge on any atom is -0.281 e. The first kappa shape index (κ1) is 17.7. The van der Waals surface area contributed by atoms with Crippen molar-refractivity contribution in [3.63, 3.8) is 0 Å². The highest BCUT2D eigenvalue weighted by Crippen LogP contribution is 2.31. The number of benzene rings is 2. The van der Waals surface area contributed by atoms with Gasteiger partial charge in [0.2, 0.25) is 0 Å². The smallest absolute Gasteiger partial charge is 0.159 e. The van der Waals surface area contributed by atoms with Gasteiger partial charge >= 0.3 is 0 Å². The average Bonchev–Trinajstić information content (AvgIpc) is 2.96. The molecule has 2 heterocycles. The van der Waals surface area contributed by atoms with E-state index in [1.54, 1.807) is 0 Å². The molecule has 0 saturated heterocycles. The largest absolute Gasteiger partial charge is 0.281 e. The standard InChI is InChI=1S/C23H26N4/c1-5-17(6-2)19-11-12-21-20(13-19)23(18-9-7-15(3)8-10-18)24-14-22-26-25-16(4)27(21)22/h7-13,17H,5-6,14H2,1-4H3. The van der Waals surface area contributed by atoms with Gasteiger partial charge in [0.25, 0.3) is 0 Å². The van der Waals surface area contributed by atoms with Gasteiger partial charge in [-0.15, -0.1) is 10.2 Å². The molecule has 0 amide bonds. The van der Waals surface area contributed by atoms with Gasteiger partial charge in [0.05, 0.1) is 11.4 Å². The molecule has 1 aromatic heterocycles. The Morgan fingerprint density at radius 3 is 2.41 bits per heavy atom. The van der Waals surface area contributed by atoms with Crippen LogP contribution in [0.4, 0.5) is 0 Å². The van der Waals surface area contributed by atoms with Crippen molar-refractivity contribution < 1.29 is 0 Å². The summed E-state index contributed by atoms with van der Waals surface area (Å²) in [4.78, 5) is 4.96. The summed E-state index contributed by atoms with van der Waals surface area (Å²) in [6.07, 6.45) is 2.28. The number of fused-ring (bicyclic) bond motifs is 3. The highest BCUT2D eigenvalue weighted by molar-refractivity contribution is 6.15. The summed E-state index contributed by atoms with van der Waals surface area (Å²) in [5.74, 6) is 2.37. The maximum Gasteiger partial charge on any atom is 0.159 e. The average molecular weight is 358 g/mol. The first-order valence-electron chi connectivity index (χ1n) is 9.79. The maximum absolute atomic E-state index is 4.96. The topological polar surface area (TPSA) is 43.1 Å². The van der Waals surface area contributed by atoms with Crippen LogP contribution in [0.3, 0.4) is 0 Å². The Morgan fingerprint density at radius 2 is 1.70 bits per heavy atom. The zero-order chi connectivity index (χ0) is 19.0. The Morgan fingerprint density at radius 1 is 0.963 bits per heavy atom. The molecule has 1 aliphatic rings. The fraction of sp³-hybridized carbons (Fsp3) is 0.348. The number of aromatic nitrogens is 3. The van der Waals surface area contributed by atoms with Gasteiger partial charge < -0.3 is 0 Å². The van der Waals surface area contributed by atoms with Crippen molar-refractivity contribution in [3.8, 4) is 5.69 Å². The van der Waals surface area contributed by atoms with Gasteiger partial charge in [0, 0.05) is 11.1 Å². The Bertz CT molecular complexity index is 992. The molecule has 4 rings (SSSR count). The van der Waals surface area contributed by atoms with Crippen LogP contribution in [0.2, 0.25) is 0 Å². The van der Waals surface area contributed by atoms with Gasteiger partial charge in [-0.1, -0.05) is 49.7 Å². The minimum atomic E-state index is 0.541. The maximum atomic E-state index is 4.96. The molecular formula is C23H26N4. The summed E-state index contributed by atoms with van der Waals surface area (Å²) in [5.41, 5.74) is 7.13. The summed E-state index contributed by atoms with van der Waals surface area (Å²) in [6, 6.07) is 15.5.